The van der Waals surface area contributed by atoms with Gasteiger partial charge in [-0.15, -0.1) is 11.3 Å². The summed E-state index contributed by atoms with van der Waals surface area (Å²) in [5, 5.41) is 7.66. The van der Waals surface area contributed by atoms with Gasteiger partial charge in [-0.25, -0.2) is 4.79 Å². The van der Waals surface area contributed by atoms with Crippen LogP contribution in [-0.4, -0.2) is 46.9 Å². The van der Waals surface area contributed by atoms with Crippen molar-refractivity contribution in [2.24, 2.45) is 0 Å². The number of likely N-dealkylation sites (N-methyl/N-ethyl adjacent to an activating group) is 1. The molecule has 3 heterocycles. The standard InChI is InChI=1S/C21H30N6OS2/c1-14-10-19(20(29-14)15-5-6-15)23-21(28)24-30-27(17-4-3-9-25(2)12-17)18-11-22-26(13-18)16-7-8-16/h10-11,13,15-17H,3-9,12H2,1-2H3,(H2,23,24,28). The van der Waals surface area contributed by atoms with Gasteiger partial charge in [0.05, 0.1) is 41.8 Å². The van der Waals surface area contributed by atoms with E-state index < -0.39 is 0 Å². The molecular weight excluding hydrogens is 416 g/mol. The Kier molecular flexibility index (Phi) is 5.68. The topological polar surface area (TPSA) is 65.4 Å². The Morgan fingerprint density at radius 3 is 2.87 bits per heavy atom. The number of nitrogens with zero attached hydrogens (tertiary/aromatic N) is 4. The Bertz CT molecular complexity index is 903. The second-order valence-corrected chi connectivity index (χ2v) is 10.9. The molecule has 1 atom stereocenters. The van der Waals surface area contributed by atoms with Crippen molar-refractivity contribution in [1.82, 2.24) is 19.4 Å². The Morgan fingerprint density at radius 1 is 1.30 bits per heavy atom. The van der Waals surface area contributed by atoms with Gasteiger partial charge in [0.15, 0.2) is 0 Å². The van der Waals surface area contributed by atoms with E-state index in [-0.39, 0.29) is 6.03 Å². The van der Waals surface area contributed by atoms with Gasteiger partial charge in [-0.3, -0.25) is 13.7 Å². The zero-order valence-electron chi connectivity index (χ0n) is 17.6. The van der Waals surface area contributed by atoms with Gasteiger partial charge in [0.25, 0.3) is 0 Å². The summed E-state index contributed by atoms with van der Waals surface area (Å²) in [4.78, 5) is 17.7. The number of hydrogen-bond donors (Lipinski definition) is 2. The van der Waals surface area contributed by atoms with E-state index >= 15 is 0 Å². The molecule has 1 unspecified atom stereocenters. The summed E-state index contributed by atoms with van der Waals surface area (Å²) in [7, 11) is 2.17. The van der Waals surface area contributed by atoms with Crippen LogP contribution in [0.3, 0.4) is 0 Å². The van der Waals surface area contributed by atoms with Crippen LogP contribution in [-0.2, 0) is 0 Å². The van der Waals surface area contributed by atoms with Crippen LogP contribution in [0.5, 0.6) is 0 Å². The lowest BCUT2D eigenvalue weighted by Gasteiger charge is -2.37. The number of hydrogen-bond acceptors (Lipinski definition) is 6. The van der Waals surface area contributed by atoms with E-state index in [9.17, 15) is 4.79 Å². The van der Waals surface area contributed by atoms with Gasteiger partial charge in [-0.05, 0) is 71.0 Å². The highest BCUT2D eigenvalue weighted by Gasteiger charge is 2.30. The van der Waals surface area contributed by atoms with Crippen LogP contribution in [0.2, 0.25) is 0 Å². The van der Waals surface area contributed by atoms with Crippen LogP contribution < -0.4 is 14.3 Å². The van der Waals surface area contributed by atoms with E-state index in [0.29, 0.717) is 18.0 Å². The molecule has 162 valence electrons. The molecule has 5 rings (SSSR count). The molecule has 0 radical (unpaired) electrons. The highest BCUT2D eigenvalue weighted by Crippen LogP contribution is 2.47. The molecule has 30 heavy (non-hydrogen) atoms. The maximum atomic E-state index is 12.7. The third kappa shape index (κ3) is 4.63. The lowest BCUT2D eigenvalue weighted by Crippen LogP contribution is -2.45. The van der Waals surface area contributed by atoms with Crippen molar-refractivity contribution in [3.8, 4) is 0 Å². The number of aryl methyl sites for hydroxylation is 1. The molecule has 2 N–H and O–H groups in total. The number of rotatable bonds is 7. The number of aromatic nitrogens is 2. The lowest BCUT2D eigenvalue weighted by molar-refractivity contribution is 0.253. The number of piperidine rings is 1. The molecule has 1 aliphatic heterocycles. The van der Waals surface area contributed by atoms with Gasteiger partial charge >= 0.3 is 6.03 Å². The second-order valence-electron chi connectivity index (χ2n) is 8.85. The minimum Gasteiger partial charge on any atom is -0.306 e. The summed E-state index contributed by atoms with van der Waals surface area (Å²) in [6, 6.07) is 2.83. The Balaban J connectivity index is 1.26. The molecule has 0 spiro atoms. The summed E-state index contributed by atoms with van der Waals surface area (Å²) < 4.78 is 7.35. The summed E-state index contributed by atoms with van der Waals surface area (Å²) in [5.74, 6) is 0.634. The fraction of sp³-hybridized carbons (Fsp3) is 0.619. The average Bonchev–Trinajstić information content (AvgIpc) is 3.65. The minimum atomic E-state index is -0.163. The zero-order valence-corrected chi connectivity index (χ0v) is 19.3. The average molecular weight is 447 g/mol. The number of anilines is 2. The number of nitrogens with one attached hydrogen (secondary N) is 2. The van der Waals surface area contributed by atoms with Gasteiger partial charge in [0.1, 0.15) is 0 Å². The molecule has 2 aromatic heterocycles. The van der Waals surface area contributed by atoms with Gasteiger partial charge in [0, 0.05) is 22.5 Å². The fourth-order valence-corrected chi connectivity index (χ4v) is 6.07. The third-order valence-corrected chi connectivity index (χ3v) is 8.21. The Morgan fingerprint density at radius 2 is 2.13 bits per heavy atom. The maximum Gasteiger partial charge on any atom is 0.330 e. The smallest absolute Gasteiger partial charge is 0.306 e. The van der Waals surface area contributed by atoms with Crippen molar-refractivity contribution in [3.63, 3.8) is 0 Å². The van der Waals surface area contributed by atoms with Crippen molar-refractivity contribution in [1.29, 1.82) is 0 Å². The van der Waals surface area contributed by atoms with Crippen molar-refractivity contribution in [2.45, 2.75) is 63.5 Å². The van der Waals surface area contributed by atoms with Gasteiger partial charge in [-0.1, -0.05) is 0 Å². The molecule has 0 aromatic carbocycles. The SMILES string of the molecule is Cc1cc(NC(=O)NSN(c2cnn(C3CC3)c2)C2CCCN(C)C2)c(C2CC2)s1. The zero-order chi connectivity index (χ0) is 20.7. The van der Waals surface area contributed by atoms with Crippen molar-refractivity contribution in [2.75, 3.05) is 29.8 Å². The molecule has 2 amide bonds. The van der Waals surface area contributed by atoms with E-state index in [0.717, 1.165) is 30.9 Å². The monoisotopic (exact) mass is 446 g/mol. The quantitative estimate of drug-likeness (QED) is 0.601. The van der Waals surface area contributed by atoms with E-state index in [1.54, 1.807) is 11.3 Å². The number of carbonyl (C=O) groups excluding carboxylic acids is 1. The van der Waals surface area contributed by atoms with E-state index in [4.69, 9.17) is 0 Å². The van der Waals surface area contributed by atoms with Gasteiger partial charge in [-0.2, -0.15) is 5.10 Å². The Hall–Kier alpha value is -1.71. The molecule has 0 bridgehead atoms. The first-order valence-corrected chi connectivity index (χ1v) is 12.5. The normalized spacial score (nSPS) is 22.1. The predicted molar refractivity (Wildman–Crippen MR) is 124 cm³/mol. The first kappa shape index (κ1) is 20.2. The predicted octanol–water partition coefficient (Wildman–Crippen LogP) is 4.75. The van der Waals surface area contributed by atoms with Crippen molar-refractivity contribution in [3.05, 3.63) is 28.2 Å². The largest absolute Gasteiger partial charge is 0.330 e. The van der Waals surface area contributed by atoms with Gasteiger partial charge in [0.2, 0.25) is 0 Å². The summed E-state index contributed by atoms with van der Waals surface area (Å²) in [6.07, 6.45) is 11.2. The van der Waals surface area contributed by atoms with Crippen LogP contribution >= 0.6 is 23.5 Å². The first-order chi connectivity index (χ1) is 14.6. The van der Waals surface area contributed by atoms with Crippen molar-refractivity contribution < 1.29 is 4.79 Å². The number of likely N-dealkylation sites (tertiary alicyclic amines) is 1. The molecule has 2 aliphatic carbocycles. The van der Waals surface area contributed by atoms with Crippen LogP contribution in [0.25, 0.3) is 0 Å². The molecule has 9 heteroatoms. The molecule has 2 aromatic rings. The summed E-state index contributed by atoms with van der Waals surface area (Å²) >= 11 is 3.19. The number of carbonyl (C=O) groups is 1. The lowest BCUT2D eigenvalue weighted by atomic mass is 10.1. The first-order valence-electron chi connectivity index (χ1n) is 10.9. The highest BCUT2D eigenvalue weighted by atomic mass is 32.2. The van der Waals surface area contributed by atoms with Crippen molar-refractivity contribution >= 4 is 40.9 Å². The molecule has 3 fully saturated rings. The van der Waals surface area contributed by atoms with Crippen LogP contribution in [0.1, 0.15) is 60.2 Å². The fourth-order valence-electron chi connectivity index (χ4n) is 4.17. The molecular formula is C21H30N6OS2. The molecule has 1 saturated heterocycles. The van der Waals surface area contributed by atoms with Crippen LogP contribution in [0, 0.1) is 6.92 Å². The molecule has 2 saturated carbocycles. The Labute approximate surface area is 186 Å². The van der Waals surface area contributed by atoms with E-state index in [1.165, 1.54) is 54.0 Å². The third-order valence-electron chi connectivity index (χ3n) is 6.01. The van der Waals surface area contributed by atoms with Crippen LogP contribution in [0.4, 0.5) is 16.2 Å². The van der Waals surface area contributed by atoms with E-state index in [1.807, 2.05) is 6.20 Å². The molecule has 7 nitrogen and oxygen atoms in total. The summed E-state index contributed by atoms with van der Waals surface area (Å²) in [6.45, 7) is 4.22. The number of urea groups is 1. The maximum absolute atomic E-state index is 12.7. The number of thiophene rings is 1. The molecule has 3 aliphatic rings. The number of amides is 2. The van der Waals surface area contributed by atoms with Crippen LogP contribution in [0.15, 0.2) is 18.5 Å². The van der Waals surface area contributed by atoms with E-state index in [2.05, 4.69) is 55.3 Å². The minimum absolute atomic E-state index is 0.163. The summed E-state index contributed by atoms with van der Waals surface area (Å²) in [5.41, 5.74) is 2.04. The second kappa shape index (κ2) is 8.43. The van der Waals surface area contributed by atoms with Gasteiger partial charge < -0.3 is 10.2 Å². The highest BCUT2D eigenvalue weighted by molar-refractivity contribution is 7.99.